The zero-order valence-electron chi connectivity index (χ0n) is 11.9. The van der Waals surface area contributed by atoms with Crippen molar-refractivity contribution in [1.29, 1.82) is 0 Å². The third-order valence-electron chi connectivity index (χ3n) is 3.74. The zero-order valence-corrected chi connectivity index (χ0v) is 11.9. The summed E-state index contributed by atoms with van der Waals surface area (Å²) in [5.41, 5.74) is 10.6. The Morgan fingerprint density at radius 2 is 1.67 bits per heavy atom. The molecule has 1 heterocycles. The number of hydrogen-bond acceptors (Lipinski definition) is 3. The van der Waals surface area contributed by atoms with E-state index in [0.29, 0.717) is 0 Å². The van der Waals surface area contributed by atoms with Crippen LogP contribution in [0, 0.1) is 0 Å². The number of nitrogens with zero attached hydrogens (tertiary/aromatic N) is 2. The Hall–Kier alpha value is -2.26. The molecule has 1 unspecified atom stereocenters. The Labute approximate surface area is 124 Å². The van der Waals surface area contributed by atoms with Crippen LogP contribution in [0.4, 0.5) is 0 Å². The molecule has 0 radical (unpaired) electrons. The average Bonchev–Trinajstić information content (AvgIpc) is 2.55. The minimum absolute atomic E-state index is 0.0557. The first-order valence-electron chi connectivity index (χ1n) is 7.33. The Morgan fingerprint density at radius 3 is 2.48 bits per heavy atom. The van der Waals surface area contributed by atoms with Crippen molar-refractivity contribution in [2.24, 2.45) is 5.73 Å². The van der Waals surface area contributed by atoms with Gasteiger partial charge in [0.2, 0.25) is 0 Å². The topological polar surface area (TPSA) is 51.8 Å². The quantitative estimate of drug-likeness (QED) is 0.774. The second-order valence-corrected chi connectivity index (χ2v) is 5.29. The van der Waals surface area contributed by atoms with E-state index in [-0.39, 0.29) is 6.04 Å². The minimum atomic E-state index is 0.0557. The fourth-order valence-electron chi connectivity index (χ4n) is 2.55. The molecule has 1 aromatic heterocycles. The summed E-state index contributed by atoms with van der Waals surface area (Å²) in [6, 6.07) is 16.7. The van der Waals surface area contributed by atoms with Gasteiger partial charge < -0.3 is 5.73 Å². The van der Waals surface area contributed by atoms with E-state index in [4.69, 9.17) is 5.73 Å². The molecule has 0 saturated carbocycles. The van der Waals surface area contributed by atoms with E-state index >= 15 is 0 Å². The maximum Gasteiger partial charge on any atom is 0.0890 e. The maximum atomic E-state index is 6.30. The summed E-state index contributed by atoms with van der Waals surface area (Å²) in [6.45, 7) is 0. The largest absolute Gasteiger partial charge is 0.324 e. The maximum absolute atomic E-state index is 6.30. The molecule has 0 aliphatic carbocycles. The van der Waals surface area contributed by atoms with Gasteiger partial charge in [0.1, 0.15) is 0 Å². The number of aryl methyl sites for hydroxylation is 1. The number of fused-ring (bicyclic) bond motifs is 1. The van der Waals surface area contributed by atoms with Crippen LogP contribution < -0.4 is 5.73 Å². The minimum Gasteiger partial charge on any atom is -0.324 e. The molecule has 0 aliphatic rings. The van der Waals surface area contributed by atoms with Crippen LogP contribution in [-0.2, 0) is 6.42 Å². The summed E-state index contributed by atoms with van der Waals surface area (Å²) < 4.78 is 0. The second-order valence-electron chi connectivity index (χ2n) is 5.29. The van der Waals surface area contributed by atoms with Gasteiger partial charge in [-0.05, 0) is 42.5 Å². The van der Waals surface area contributed by atoms with Crippen molar-refractivity contribution >= 4 is 11.0 Å². The van der Waals surface area contributed by atoms with E-state index in [2.05, 4.69) is 46.4 Å². The molecule has 3 heteroatoms. The zero-order chi connectivity index (χ0) is 14.5. The van der Waals surface area contributed by atoms with Crippen LogP contribution in [0.1, 0.15) is 30.0 Å². The van der Waals surface area contributed by atoms with Gasteiger partial charge >= 0.3 is 0 Å². The van der Waals surface area contributed by atoms with Crippen molar-refractivity contribution in [2.75, 3.05) is 0 Å². The summed E-state index contributed by atoms with van der Waals surface area (Å²) in [4.78, 5) is 8.61. The number of benzene rings is 2. The van der Waals surface area contributed by atoms with Crippen molar-refractivity contribution in [3.63, 3.8) is 0 Å². The first kappa shape index (κ1) is 13.7. The van der Waals surface area contributed by atoms with Gasteiger partial charge in [0, 0.05) is 18.4 Å². The standard InChI is InChI=1S/C18H19N3/c19-16(8-4-7-14-5-2-1-3-6-14)15-9-10-17-18(13-15)21-12-11-20-17/h1-3,5-6,9-13,16H,4,7-8,19H2. The number of rotatable bonds is 5. The van der Waals surface area contributed by atoms with Gasteiger partial charge in [-0.2, -0.15) is 0 Å². The first-order valence-corrected chi connectivity index (χ1v) is 7.33. The van der Waals surface area contributed by atoms with Crippen LogP contribution in [0.15, 0.2) is 60.9 Å². The number of hydrogen-bond donors (Lipinski definition) is 1. The molecule has 0 saturated heterocycles. The lowest BCUT2D eigenvalue weighted by atomic mass is 9.99. The molecule has 0 spiro atoms. The molecule has 106 valence electrons. The van der Waals surface area contributed by atoms with E-state index in [9.17, 15) is 0 Å². The molecule has 3 rings (SSSR count). The molecule has 21 heavy (non-hydrogen) atoms. The van der Waals surface area contributed by atoms with Crippen molar-refractivity contribution in [3.05, 3.63) is 72.1 Å². The van der Waals surface area contributed by atoms with E-state index < -0.39 is 0 Å². The van der Waals surface area contributed by atoms with Crippen LogP contribution in [0.2, 0.25) is 0 Å². The lowest BCUT2D eigenvalue weighted by Gasteiger charge is -2.12. The molecule has 1 atom stereocenters. The Morgan fingerprint density at radius 1 is 0.905 bits per heavy atom. The van der Waals surface area contributed by atoms with Gasteiger partial charge in [0.05, 0.1) is 11.0 Å². The summed E-state index contributed by atoms with van der Waals surface area (Å²) >= 11 is 0. The highest BCUT2D eigenvalue weighted by molar-refractivity contribution is 5.74. The fourth-order valence-corrected chi connectivity index (χ4v) is 2.55. The SMILES string of the molecule is NC(CCCc1ccccc1)c1ccc2nccnc2c1. The van der Waals surface area contributed by atoms with Crippen LogP contribution in [0.3, 0.4) is 0 Å². The van der Waals surface area contributed by atoms with Gasteiger partial charge in [-0.3, -0.25) is 9.97 Å². The summed E-state index contributed by atoms with van der Waals surface area (Å²) in [5, 5.41) is 0. The Bertz CT molecular complexity index is 710. The lowest BCUT2D eigenvalue weighted by molar-refractivity contribution is 0.612. The molecule has 3 aromatic rings. The monoisotopic (exact) mass is 277 g/mol. The van der Waals surface area contributed by atoms with Gasteiger partial charge in [0.15, 0.2) is 0 Å². The summed E-state index contributed by atoms with van der Waals surface area (Å²) in [5.74, 6) is 0. The van der Waals surface area contributed by atoms with Crippen LogP contribution >= 0.6 is 0 Å². The molecule has 2 aromatic carbocycles. The van der Waals surface area contributed by atoms with Crippen molar-refractivity contribution in [2.45, 2.75) is 25.3 Å². The molecule has 3 nitrogen and oxygen atoms in total. The molecular formula is C18H19N3. The molecule has 0 aliphatic heterocycles. The number of nitrogens with two attached hydrogens (primary N) is 1. The van der Waals surface area contributed by atoms with Crippen molar-refractivity contribution in [3.8, 4) is 0 Å². The molecule has 2 N–H and O–H groups in total. The van der Waals surface area contributed by atoms with E-state index in [1.54, 1.807) is 12.4 Å². The van der Waals surface area contributed by atoms with Gasteiger partial charge in [-0.25, -0.2) is 0 Å². The van der Waals surface area contributed by atoms with Gasteiger partial charge in [0.25, 0.3) is 0 Å². The Balaban J connectivity index is 1.62. The molecule has 0 bridgehead atoms. The third-order valence-corrected chi connectivity index (χ3v) is 3.74. The van der Waals surface area contributed by atoms with Gasteiger partial charge in [-0.1, -0.05) is 36.4 Å². The number of aromatic nitrogens is 2. The molecular weight excluding hydrogens is 258 g/mol. The highest BCUT2D eigenvalue weighted by Gasteiger charge is 2.07. The van der Waals surface area contributed by atoms with Crippen LogP contribution in [0.5, 0.6) is 0 Å². The van der Waals surface area contributed by atoms with E-state index in [1.165, 1.54) is 5.56 Å². The highest BCUT2D eigenvalue weighted by Crippen LogP contribution is 2.20. The predicted molar refractivity (Wildman–Crippen MR) is 85.8 cm³/mol. The highest BCUT2D eigenvalue weighted by atomic mass is 14.8. The van der Waals surface area contributed by atoms with Crippen LogP contribution in [-0.4, -0.2) is 9.97 Å². The Kier molecular flexibility index (Phi) is 4.22. The first-order chi connectivity index (χ1) is 10.3. The second kappa shape index (κ2) is 6.46. The smallest absolute Gasteiger partial charge is 0.0890 e. The van der Waals surface area contributed by atoms with E-state index in [1.807, 2.05) is 12.1 Å². The summed E-state index contributed by atoms with van der Waals surface area (Å²) in [6.07, 6.45) is 6.56. The van der Waals surface area contributed by atoms with E-state index in [0.717, 1.165) is 35.9 Å². The third kappa shape index (κ3) is 3.44. The normalized spacial score (nSPS) is 12.4. The lowest BCUT2D eigenvalue weighted by Crippen LogP contribution is -2.10. The van der Waals surface area contributed by atoms with Gasteiger partial charge in [-0.15, -0.1) is 0 Å². The molecule has 0 amide bonds. The summed E-state index contributed by atoms with van der Waals surface area (Å²) in [7, 11) is 0. The van der Waals surface area contributed by atoms with Crippen molar-refractivity contribution < 1.29 is 0 Å². The molecule has 0 fully saturated rings. The van der Waals surface area contributed by atoms with Crippen LogP contribution in [0.25, 0.3) is 11.0 Å². The fraction of sp³-hybridized carbons (Fsp3) is 0.222. The predicted octanol–water partition coefficient (Wildman–Crippen LogP) is 3.65. The average molecular weight is 277 g/mol. The van der Waals surface area contributed by atoms with Crippen molar-refractivity contribution in [1.82, 2.24) is 9.97 Å².